The Kier molecular flexibility index (Phi) is 5.28. The van der Waals surface area contributed by atoms with E-state index in [2.05, 4.69) is 65.1 Å². The summed E-state index contributed by atoms with van der Waals surface area (Å²) in [6.45, 7) is 8.86. The predicted molar refractivity (Wildman–Crippen MR) is 86.9 cm³/mol. The van der Waals surface area contributed by atoms with E-state index in [0.717, 1.165) is 19.1 Å². The maximum absolute atomic E-state index is 3.63. The number of rotatable bonds is 7. The Labute approximate surface area is 125 Å². The number of benzene rings is 1. The van der Waals surface area contributed by atoms with E-state index in [4.69, 9.17) is 0 Å². The monoisotopic (exact) mass is 324 g/mol. The molecule has 1 fully saturated rings. The topological polar surface area (TPSA) is 15.3 Å². The molecule has 1 aromatic carbocycles. The third-order valence-electron chi connectivity index (χ3n) is 3.73. The number of hydrogen-bond acceptors (Lipinski definition) is 2. The molecule has 0 saturated heterocycles. The first-order chi connectivity index (χ1) is 9.17. The van der Waals surface area contributed by atoms with Gasteiger partial charge in [0.05, 0.1) is 0 Å². The van der Waals surface area contributed by atoms with Crippen LogP contribution in [0, 0.1) is 0 Å². The first-order valence-electron chi connectivity index (χ1n) is 7.46. The third kappa shape index (κ3) is 3.73. The van der Waals surface area contributed by atoms with Gasteiger partial charge in [-0.2, -0.15) is 0 Å². The fraction of sp³-hybridized carbons (Fsp3) is 0.625. The second-order valence-electron chi connectivity index (χ2n) is 5.41. The average molecular weight is 325 g/mol. The first kappa shape index (κ1) is 14.9. The summed E-state index contributed by atoms with van der Waals surface area (Å²) >= 11 is 3.63. The van der Waals surface area contributed by atoms with Crippen molar-refractivity contribution in [1.29, 1.82) is 0 Å². The highest BCUT2D eigenvalue weighted by molar-refractivity contribution is 9.10. The van der Waals surface area contributed by atoms with Gasteiger partial charge in [0.2, 0.25) is 0 Å². The van der Waals surface area contributed by atoms with Crippen molar-refractivity contribution in [3.63, 3.8) is 0 Å². The SMILES string of the molecule is CCCN(c1cc(Br)ccc1C(C)NCC)C1CC1. The van der Waals surface area contributed by atoms with Crippen LogP contribution in [0.15, 0.2) is 22.7 Å². The van der Waals surface area contributed by atoms with E-state index in [1.165, 1.54) is 35.0 Å². The molecule has 19 heavy (non-hydrogen) atoms. The van der Waals surface area contributed by atoms with E-state index in [1.54, 1.807) is 0 Å². The number of nitrogens with zero attached hydrogens (tertiary/aromatic N) is 1. The molecule has 1 atom stereocenters. The van der Waals surface area contributed by atoms with Gasteiger partial charge in [-0.25, -0.2) is 0 Å². The van der Waals surface area contributed by atoms with Crippen LogP contribution in [-0.2, 0) is 0 Å². The van der Waals surface area contributed by atoms with E-state index in [-0.39, 0.29) is 0 Å². The molecule has 0 bridgehead atoms. The van der Waals surface area contributed by atoms with Crippen LogP contribution in [0.3, 0.4) is 0 Å². The van der Waals surface area contributed by atoms with Crippen LogP contribution in [0.1, 0.15) is 51.6 Å². The number of nitrogens with one attached hydrogen (secondary N) is 1. The zero-order valence-electron chi connectivity index (χ0n) is 12.2. The largest absolute Gasteiger partial charge is 0.368 e. The normalized spacial score (nSPS) is 16.4. The van der Waals surface area contributed by atoms with Crippen molar-refractivity contribution in [1.82, 2.24) is 5.32 Å². The van der Waals surface area contributed by atoms with Crippen molar-refractivity contribution >= 4 is 21.6 Å². The molecule has 3 heteroatoms. The summed E-state index contributed by atoms with van der Waals surface area (Å²) in [7, 11) is 0. The van der Waals surface area contributed by atoms with Gasteiger partial charge < -0.3 is 10.2 Å². The summed E-state index contributed by atoms with van der Waals surface area (Å²) in [6, 6.07) is 7.88. The highest BCUT2D eigenvalue weighted by Gasteiger charge is 2.30. The number of anilines is 1. The van der Waals surface area contributed by atoms with Gasteiger partial charge in [-0.3, -0.25) is 0 Å². The van der Waals surface area contributed by atoms with Crippen molar-refractivity contribution < 1.29 is 0 Å². The Hall–Kier alpha value is -0.540. The second-order valence-corrected chi connectivity index (χ2v) is 6.32. The van der Waals surface area contributed by atoms with Crippen molar-refractivity contribution in [2.45, 2.75) is 52.1 Å². The Morgan fingerprint density at radius 3 is 2.68 bits per heavy atom. The molecule has 0 amide bonds. The number of halogens is 1. The van der Waals surface area contributed by atoms with Crippen LogP contribution in [0.25, 0.3) is 0 Å². The van der Waals surface area contributed by atoms with Gasteiger partial charge in [0, 0.05) is 28.8 Å². The van der Waals surface area contributed by atoms with Crippen molar-refractivity contribution in [2.75, 3.05) is 18.0 Å². The summed E-state index contributed by atoms with van der Waals surface area (Å²) in [5.41, 5.74) is 2.83. The summed E-state index contributed by atoms with van der Waals surface area (Å²) < 4.78 is 1.18. The minimum Gasteiger partial charge on any atom is -0.368 e. The van der Waals surface area contributed by atoms with E-state index < -0.39 is 0 Å². The Morgan fingerprint density at radius 1 is 1.37 bits per heavy atom. The molecule has 106 valence electrons. The molecule has 0 spiro atoms. The summed E-state index contributed by atoms with van der Waals surface area (Å²) in [6.07, 6.45) is 3.90. The molecule has 2 nitrogen and oxygen atoms in total. The average Bonchev–Trinajstić information content (AvgIpc) is 3.20. The quantitative estimate of drug-likeness (QED) is 0.794. The van der Waals surface area contributed by atoms with Gasteiger partial charge in [0.1, 0.15) is 0 Å². The molecule has 1 N–H and O–H groups in total. The molecule has 0 aromatic heterocycles. The predicted octanol–water partition coefficient (Wildman–Crippen LogP) is 4.50. The van der Waals surface area contributed by atoms with Gasteiger partial charge >= 0.3 is 0 Å². The fourth-order valence-corrected chi connectivity index (χ4v) is 3.02. The molecule has 1 unspecified atom stereocenters. The molecular formula is C16H25BrN2. The highest BCUT2D eigenvalue weighted by Crippen LogP contribution is 2.37. The van der Waals surface area contributed by atoms with Crippen molar-refractivity contribution in [3.05, 3.63) is 28.2 Å². The van der Waals surface area contributed by atoms with Gasteiger partial charge in [-0.05, 0) is 50.4 Å². The van der Waals surface area contributed by atoms with Gasteiger partial charge in [-0.1, -0.05) is 35.8 Å². The third-order valence-corrected chi connectivity index (χ3v) is 4.22. The first-order valence-corrected chi connectivity index (χ1v) is 8.26. The number of hydrogen-bond donors (Lipinski definition) is 1. The summed E-state index contributed by atoms with van der Waals surface area (Å²) in [5.74, 6) is 0. The lowest BCUT2D eigenvalue weighted by Crippen LogP contribution is -2.29. The lowest BCUT2D eigenvalue weighted by Gasteiger charge is -2.29. The maximum Gasteiger partial charge on any atom is 0.0428 e. The molecule has 0 radical (unpaired) electrons. The van der Waals surface area contributed by atoms with E-state index in [9.17, 15) is 0 Å². The second kappa shape index (κ2) is 6.76. The molecule has 1 saturated carbocycles. The summed E-state index contributed by atoms with van der Waals surface area (Å²) in [4.78, 5) is 2.61. The van der Waals surface area contributed by atoms with Crippen molar-refractivity contribution in [3.8, 4) is 0 Å². The van der Waals surface area contributed by atoms with Crippen LogP contribution < -0.4 is 10.2 Å². The molecule has 1 aromatic rings. The smallest absolute Gasteiger partial charge is 0.0428 e. The van der Waals surface area contributed by atoms with Gasteiger partial charge in [0.15, 0.2) is 0 Å². The molecule has 1 aliphatic rings. The minimum atomic E-state index is 0.409. The Balaban J connectivity index is 2.31. The molecule has 0 aliphatic heterocycles. The van der Waals surface area contributed by atoms with E-state index in [0.29, 0.717) is 6.04 Å². The standard InChI is InChI=1S/C16H25BrN2/c1-4-10-19(14-7-8-14)16-11-13(17)6-9-15(16)12(3)18-5-2/h6,9,11-12,14,18H,4-5,7-8,10H2,1-3H3. The summed E-state index contributed by atoms with van der Waals surface area (Å²) in [5, 5.41) is 3.54. The van der Waals surface area contributed by atoms with Crippen LogP contribution >= 0.6 is 15.9 Å². The molecule has 1 aliphatic carbocycles. The lowest BCUT2D eigenvalue weighted by atomic mass is 10.0. The minimum absolute atomic E-state index is 0.409. The van der Waals surface area contributed by atoms with Crippen molar-refractivity contribution in [2.24, 2.45) is 0 Å². The highest BCUT2D eigenvalue weighted by atomic mass is 79.9. The zero-order chi connectivity index (χ0) is 13.8. The zero-order valence-corrected chi connectivity index (χ0v) is 13.8. The Bertz CT molecular complexity index is 415. The van der Waals surface area contributed by atoms with Crippen LogP contribution in [0.5, 0.6) is 0 Å². The van der Waals surface area contributed by atoms with Gasteiger partial charge in [-0.15, -0.1) is 0 Å². The van der Waals surface area contributed by atoms with E-state index in [1.807, 2.05) is 0 Å². The maximum atomic E-state index is 3.63. The van der Waals surface area contributed by atoms with E-state index >= 15 is 0 Å². The van der Waals surface area contributed by atoms with Crippen LogP contribution in [0.2, 0.25) is 0 Å². The molecule has 0 heterocycles. The van der Waals surface area contributed by atoms with Crippen LogP contribution in [-0.4, -0.2) is 19.1 Å². The van der Waals surface area contributed by atoms with Crippen LogP contribution in [0.4, 0.5) is 5.69 Å². The lowest BCUT2D eigenvalue weighted by molar-refractivity contribution is 0.594. The van der Waals surface area contributed by atoms with Gasteiger partial charge in [0.25, 0.3) is 0 Å². The molecule has 2 rings (SSSR count). The fourth-order valence-electron chi connectivity index (χ4n) is 2.67. The molecular weight excluding hydrogens is 300 g/mol. The Morgan fingerprint density at radius 2 is 2.11 bits per heavy atom.